The van der Waals surface area contributed by atoms with E-state index in [0.717, 1.165) is 23.3 Å². The van der Waals surface area contributed by atoms with Crippen molar-refractivity contribution >= 4 is 40.9 Å². The third-order valence-corrected chi connectivity index (χ3v) is 5.37. The maximum absolute atomic E-state index is 12.3. The molecule has 0 aliphatic heterocycles. The van der Waals surface area contributed by atoms with E-state index >= 15 is 0 Å². The van der Waals surface area contributed by atoms with Gasteiger partial charge in [-0.3, -0.25) is 4.79 Å². The zero-order valence-electron chi connectivity index (χ0n) is 12.9. The number of nitrogens with one attached hydrogen (secondary N) is 1. The SMILES string of the molecule is CCC[C@@H](NC(=O)CSc1c(Cl)cccc1Cl)c1ccccc1. The number of halogens is 2. The minimum atomic E-state index is -0.0201. The fourth-order valence-electron chi connectivity index (χ4n) is 2.29. The molecule has 0 radical (unpaired) electrons. The van der Waals surface area contributed by atoms with Crippen LogP contribution in [0.4, 0.5) is 0 Å². The topological polar surface area (TPSA) is 29.1 Å². The first kappa shape index (κ1) is 18.2. The lowest BCUT2D eigenvalue weighted by Crippen LogP contribution is -2.29. The summed E-state index contributed by atoms with van der Waals surface area (Å²) in [7, 11) is 0. The lowest BCUT2D eigenvalue weighted by atomic mass is 10.0. The minimum Gasteiger partial charge on any atom is -0.349 e. The molecule has 1 atom stereocenters. The van der Waals surface area contributed by atoms with E-state index in [1.54, 1.807) is 18.2 Å². The molecule has 1 amide bonds. The normalized spacial score (nSPS) is 12.0. The molecule has 0 heterocycles. The van der Waals surface area contributed by atoms with Gasteiger partial charge in [0.2, 0.25) is 5.91 Å². The van der Waals surface area contributed by atoms with Gasteiger partial charge in [0.1, 0.15) is 0 Å². The van der Waals surface area contributed by atoms with E-state index in [9.17, 15) is 4.79 Å². The second kappa shape index (κ2) is 9.21. The first-order valence-corrected chi connectivity index (χ1v) is 9.27. The number of amides is 1. The van der Waals surface area contributed by atoms with Crippen molar-refractivity contribution < 1.29 is 4.79 Å². The van der Waals surface area contributed by atoms with Gasteiger partial charge in [-0.1, -0.05) is 72.9 Å². The van der Waals surface area contributed by atoms with E-state index in [0.29, 0.717) is 10.0 Å². The van der Waals surface area contributed by atoms with Crippen LogP contribution in [0.15, 0.2) is 53.4 Å². The summed E-state index contributed by atoms with van der Waals surface area (Å²) in [6, 6.07) is 15.4. The Kier molecular flexibility index (Phi) is 7.28. The van der Waals surface area contributed by atoms with Crippen molar-refractivity contribution in [3.05, 3.63) is 64.1 Å². The Hall–Kier alpha value is -1.16. The van der Waals surface area contributed by atoms with Gasteiger partial charge in [-0.2, -0.15) is 0 Å². The summed E-state index contributed by atoms with van der Waals surface area (Å²) in [6.45, 7) is 2.11. The molecule has 0 aliphatic carbocycles. The molecule has 0 bridgehead atoms. The van der Waals surface area contributed by atoms with E-state index in [1.807, 2.05) is 30.3 Å². The molecule has 5 heteroatoms. The number of hydrogen-bond donors (Lipinski definition) is 1. The minimum absolute atomic E-state index is 0.0201. The molecule has 0 aromatic heterocycles. The third kappa shape index (κ3) is 5.45. The number of carbonyl (C=O) groups excluding carboxylic acids is 1. The van der Waals surface area contributed by atoms with Crippen LogP contribution in [-0.2, 0) is 4.79 Å². The van der Waals surface area contributed by atoms with Crippen LogP contribution >= 0.6 is 35.0 Å². The zero-order chi connectivity index (χ0) is 16.7. The number of thioether (sulfide) groups is 1. The van der Waals surface area contributed by atoms with Gasteiger partial charge in [-0.25, -0.2) is 0 Å². The highest BCUT2D eigenvalue weighted by Gasteiger charge is 2.15. The molecule has 2 aromatic carbocycles. The monoisotopic (exact) mass is 367 g/mol. The van der Waals surface area contributed by atoms with E-state index in [1.165, 1.54) is 11.8 Å². The third-order valence-electron chi connectivity index (χ3n) is 3.38. The molecular weight excluding hydrogens is 349 g/mol. The molecular formula is C18H19Cl2NOS. The Morgan fingerprint density at radius 3 is 2.35 bits per heavy atom. The molecule has 2 nitrogen and oxygen atoms in total. The Balaban J connectivity index is 1.97. The second-order valence-electron chi connectivity index (χ2n) is 5.16. The summed E-state index contributed by atoms with van der Waals surface area (Å²) >= 11 is 13.6. The van der Waals surface area contributed by atoms with Crippen LogP contribution < -0.4 is 5.32 Å². The molecule has 0 saturated carbocycles. The first-order valence-electron chi connectivity index (χ1n) is 7.53. The van der Waals surface area contributed by atoms with Gasteiger partial charge in [0.05, 0.1) is 21.8 Å². The predicted molar refractivity (Wildman–Crippen MR) is 99.4 cm³/mol. The highest BCUT2D eigenvalue weighted by molar-refractivity contribution is 8.00. The van der Waals surface area contributed by atoms with Gasteiger partial charge in [0.15, 0.2) is 0 Å². The first-order chi connectivity index (χ1) is 11.1. The largest absolute Gasteiger partial charge is 0.349 e. The summed E-state index contributed by atoms with van der Waals surface area (Å²) in [6.07, 6.45) is 1.91. The van der Waals surface area contributed by atoms with Crippen molar-refractivity contribution in [2.75, 3.05) is 5.75 Å². The standard InChI is InChI=1S/C18H19Cl2NOS/c1-2-7-16(13-8-4-3-5-9-13)21-17(22)12-23-18-14(19)10-6-11-15(18)20/h3-6,8-11,16H,2,7,12H2,1H3,(H,21,22)/t16-/m1/s1. The average Bonchev–Trinajstić information content (AvgIpc) is 2.55. The van der Waals surface area contributed by atoms with Crippen LogP contribution in [0, 0.1) is 0 Å². The van der Waals surface area contributed by atoms with E-state index < -0.39 is 0 Å². The van der Waals surface area contributed by atoms with E-state index in [-0.39, 0.29) is 17.7 Å². The van der Waals surface area contributed by atoms with Crippen LogP contribution in [0.5, 0.6) is 0 Å². The van der Waals surface area contributed by atoms with Crippen molar-refractivity contribution in [1.82, 2.24) is 5.32 Å². The van der Waals surface area contributed by atoms with Crippen molar-refractivity contribution in [2.45, 2.75) is 30.7 Å². The van der Waals surface area contributed by atoms with Gasteiger partial charge < -0.3 is 5.32 Å². The number of carbonyl (C=O) groups is 1. The van der Waals surface area contributed by atoms with Crippen molar-refractivity contribution in [3.63, 3.8) is 0 Å². The van der Waals surface area contributed by atoms with Crippen LogP contribution in [0.1, 0.15) is 31.4 Å². The molecule has 0 saturated heterocycles. The molecule has 1 N–H and O–H groups in total. The van der Waals surface area contributed by atoms with Crippen molar-refractivity contribution in [3.8, 4) is 0 Å². The smallest absolute Gasteiger partial charge is 0.230 e. The van der Waals surface area contributed by atoms with Crippen LogP contribution in [0.2, 0.25) is 10.0 Å². The van der Waals surface area contributed by atoms with Crippen LogP contribution in [0.3, 0.4) is 0 Å². The molecule has 0 aliphatic rings. The Bertz CT molecular complexity index is 628. The maximum Gasteiger partial charge on any atom is 0.230 e. The van der Waals surface area contributed by atoms with Crippen molar-refractivity contribution in [2.24, 2.45) is 0 Å². The molecule has 2 rings (SSSR count). The highest BCUT2D eigenvalue weighted by Crippen LogP contribution is 2.33. The van der Waals surface area contributed by atoms with E-state index in [4.69, 9.17) is 23.2 Å². The molecule has 0 spiro atoms. The summed E-state index contributed by atoms with van der Waals surface area (Å²) in [4.78, 5) is 13.0. The van der Waals surface area contributed by atoms with Crippen LogP contribution in [-0.4, -0.2) is 11.7 Å². The maximum atomic E-state index is 12.3. The summed E-state index contributed by atoms with van der Waals surface area (Å²) in [5.41, 5.74) is 1.13. The quantitative estimate of drug-likeness (QED) is 0.631. The lowest BCUT2D eigenvalue weighted by molar-refractivity contribution is -0.119. The van der Waals surface area contributed by atoms with Gasteiger partial charge in [-0.05, 0) is 24.1 Å². The number of hydrogen-bond acceptors (Lipinski definition) is 2. The summed E-state index contributed by atoms with van der Waals surface area (Å²) < 4.78 is 0. The molecule has 23 heavy (non-hydrogen) atoms. The highest BCUT2D eigenvalue weighted by atomic mass is 35.5. The zero-order valence-corrected chi connectivity index (χ0v) is 15.2. The van der Waals surface area contributed by atoms with Crippen LogP contribution in [0.25, 0.3) is 0 Å². The summed E-state index contributed by atoms with van der Waals surface area (Å²) in [5, 5.41) is 4.24. The van der Waals surface area contributed by atoms with E-state index in [2.05, 4.69) is 12.2 Å². The molecule has 0 unspecified atom stereocenters. The van der Waals surface area contributed by atoms with Gasteiger partial charge in [0, 0.05) is 4.90 Å². The van der Waals surface area contributed by atoms with Gasteiger partial charge >= 0.3 is 0 Å². The fraction of sp³-hybridized carbons (Fsp3) is 0.278. The molecule has 0 fully saturated rings. The second-order valence-corrected chi connectivity index (χ2v) is 6.96. The lowest BCUT2D eigenvalue weighted by Gasteiger charge is -2.18. The van der Waals surface area contributed by atoms with Crippen molar-refractivity contribution in [1.29, 1.82) is 0 Å². The predicted octanol–water partition coefficient (Wildman–Crippen LogP) is 5.74. The molecule has 122 valence electrons. The Morgan fingerprint density at radius 2 is 1.74 bits per heavy atom. The Labute approximate surface area is 151 Å². The summed E-state index contributed by atoms with van der Waals surface area (Å²) in [5.74, 6) is 0.268. The number of rotatable bonds is 7. The van der Waals surface area contributed by atoms with Gasteiger partial charge in [0.25, 0.3) is 0 Å². The number of benzene rings is 2. The van der Waals surface area contributed by atoms with Gasteiger partial charge in [-0.15, -0.1) is 11.8 Å². The fourth-order valence-corrected chi connectivity index (χ4v) is 3.79. The average molecular weight is 368 g/mol. The Morgan fingerprint density at radius 1 is 1.09 bits per heavy atom. The molecule has 2 aromatic rings.